The fraction of sp³-hybridized carbons (Fsp3) is 0.0909. The highest BCUT2D eigenvalue weighted by Gasteiger charge is 2.27. The van der Waals surface area contributed by atoms with Gasteiger partial charge in [-0.15, -0.1) is 0 Å². The van der Waals surface area contributed by atoms with Gasteiger partial charge in [0.15, 0.2) is 0 Å². The van der Waals surface area contributed by atoms with E-state index < -0.39 is 0 Å². The number of benzene rings is 4. The van der Waals surface area contributed by atoms with Crippen molar-refractivity contribution in [1.29, 1.82) is 0 Å². The molecule has 0 fully saturated rings. The van der Waals surface area contributed by atoms with Gasteiger partial charge in [-0.3, -0.25) is 0 Å². The fourth-order valence-electron chi connectivity index (χ4n) is 4.55. The van der Waals surface area contributed by atoms with Crippen LogP contribution in [-0.4, -0.2) is 0 Å². The largest absolute Gasteiger partial charge is 0.0616 e. The average molecular weight is 278 g/mol. The Morgan fingerprint density at radius 3 is 2.14 bits per heavy atom. The highest BCUT2D eigenvalue weighted by atomic mass is 14.3. The predicted octanol–water partition coefficient (Wildman–Crippen LogP) is 5.74. The Labute approximate surface area is 129 Å². The lowest BCUT2D eigenvalue weighted by molar-refractivity contribution is 1.02. The lowest BCUT2D eigenvalue weighted by Crippen LogP contribution is -1.81. The van der Waals surface area contributed by atoms with Crippen molar-refractivity contribution in [3.63, 3.8) is 0 Å². The summed E-state index contributed by atoms with van der Waals surface area (Å²) < 4.78 is 0. The van der Waals surface area contributed by atoms with E-state index in [1.165, 1.54) is 67.8 Å². The molecule has 2 aliphatic rings. The number of aryl methyl sites for hydroxylation is 2. The van der Waals surface area contributed by atoms with Crippen molar-refractivity contribution in [2.24, 2.45) is 0 Å². The Balaban J connectivity index is 1.90. The molecule has 0 aromatic heterocycles. The molecule has 0 amide bonds. The summed E-state index contributed by atoms with van der Waals surface area (Å²) in [5.41, 5.74) is 8.77. The normalized spacial score (nSPS) is 14.0. The zero-order valence-corrected chi connectivity index (χ0v) is 12.2. The van der Waals surface area contributed by atoms with Crippen molar-refractivity contribution in [3.8, 4) is 22.3 Å². The van der Waals surface area contributed by atoms with Crippen LogP contribution in [0.2, 0.25) is 0 Å². The molecule has 4 aromatic carbocycles. The second kappa shape index (κ2) is 3.59. The van der Waals surface area contributed by atoms with Crippen LogP contribution in [0.15, 0.2) is 60.7 Å². The molecule has 0 heteroatoms. The minimum Gasteiger partial charge on any atom is -0.0616 e. The number of rotatable bonds is 0. The second-order valence-electron chi connectivity index (χ2n) is 6.50. The van der Waals surface area contributed by atoms with Crippen LogP contribution < -0.4 is 0 Å². The van der Waals surface area contributed by atoms with Crippen LogP contribution in [-0.2, 0) is 12.8 Å². The average Bonchev–Trinajstić information content (AvgIpc) is 3.12. The standard InChI is InChI=1S/C22H14/c1-2-4-16-13(3-1)7-10-17-18-11-8-14-5-6-15-9-12-19(21(16)17)22(18)20(14)15/h1-4,7-12H,5-6H2. The van der Waals surface area contributed by atoms with E-state index >= 15 is 0 Å². The zero-order valence-electron chi connectivity index (χ0n) is 12.2. The van der Waals surface area contributed by atoms with Gasteiger partial charge in [0.2, 0.25) is 0 Å². The van der Waals surface area contributed by atoms with Gasteiger partial charge in [-0.25, -0.2) is 0 Å². The van der Waals surface area contributed by atoms with Crippen molar-refractivity contribution < 1.29 is 0 Å². The molecule has 0 aliphatic heterocycles. The van der Waals surface area contributed by atoms with E-state index in [-0.39, 0.29) is 0 Å². The number of fused-ring (bicyclic) bond motifs is 5. The van der Waals surface area contributed by atoms with Gasteiger partial charge in [0.05, 0.1) is 0 Å². The van der Waals surface area contributed by atoms with E-state index in [1.807, 2.05) is 0 Å². The second-order valence-corrected chi connectivity index (χ2v) is 6.50. The first-order chi connectivity index (χ1) is 10.9. The van der Waals surface area contributed by atoms with Gasteiger partial charge in [-0.05, 0) is 67.8 Å². The predicted molar refractivity (Wildman–Crippen MR) is 93.3 cm³/mol. The first kappa shape index (κ1) is 11.0. The quantitative estimate of drug-likeness (QED) is 0.339. The highest BCUT2D eigenvalue weighted by Crippen LogP contribution is 2.52. The molecule has 0 atom stereocenters. The van der Waals surface area contributed by atoms with Gasteiger partial charge < -0.3 is 0 Å². The van der Waals surface area contributed by atoms with Crippen LogP contribution in [0.25, 0.3) is 43.8 Å². The van der Waals surface area contributed by atoms with Crippen molar-refractivity contribution in [3.05, 3.63) is 71.8 Å². The molecule has 4 aromatic rings. The Morgan fingerprint density at radius 2 is 1.27 bits per heavy atom. The first-order valence-electron chi connectivity index (χ1n) is 8.02. The molecule has 2 aliphatic carbocycles. The van der Waals surface area contributed by atoms with E-state index in [9.17, 15) is 0 Å². The smallest absolute Gasteiger partial charge is 0.00201 e. The zero-order chi connectivity index (χ0) is 14.3. The molecule has 6 rings (SSSR count). The van der Waals surface area contributed by atoms with Crippen molar-refractivity contribution in [2.45, 2.75) is 12.8 Å². The van der Waals surface area contributed by atoms with Crippen LogP contribution in [0.5, 0.6) is 0 Å². The lowest BCUT2D eigenvalue weighted by Gasteiger charge is -2.07. The summed E-state index contributed by atoms with van der Waals surface area (Å²) in [6.07, 6.45) is 2.40. The van der Waals surface area contributed by atoms with Crippen molar-refractivity contribution in [2.75, 3.05) is 0 Å². The minimum absolute atomic E-state index is 1.20. The lowest BCUT2D eigenvalue weighted by atomic mass is 9.96. The van der Waals surface area contributed by atoms with E-state index in [1.54, 1.807) is 0 Å². The third kappa shape index (κ3) is 1.13. The van der Waals surface area contributed by atoms with Gasteiger partial charge in [0, 0.05) is 0 Å². The summed E-state index contributed by atoms with van der Waals surface area (Å²) in [6, 6.07) is 22.7. The molecular formula is C22H14. The Kier molecular flexibility index (Phi) is 1.80. The van der Waals surface area contributed by atoms with Gasteiger partial charge in [-0.1, -0.05) is 60.7 Å². The third-order valence-corrected chi connectivity index (χ3v) is 5.49. The molecular weight excluding hydrogens is 264 g/mol. The summed E-state index contributed by atoms with van der Waals surface area (Å²) in [6.45, 7) is 0. The van der Waals surface area contributed by atoms with E-state index in [0.717, 1.165) is 0 Å². The molecule has 0 saturated carbocycles. The Hall–Kier alpha value is -2.60. The number of hydrogen-bond donors (Lipinski definition) is 0. The van der Waals surface area contributed by atoms with Crippen LogP contribution in [0.1, 0.15) is 11.1 Å². The van der Waals surface area contributed by atoms with Gasteiger partial charge in [0.25, 0.3) is 0 Å². The SMILES string of the molecule is c1ccc2c3c(ccc2c1)-c1ccc2c4c(ccc-3c14)CC2. The van der Waals surface area contributed by atoms with Gasteiger partial charge in [-0.2, -0.15) is 0 Å². The molecule has 0 unspecified atom stereocenters. The summed E-state index contributed by atoms with van der Waals surface area (Å²) in [5, 5.41) is 5.75. The maximum atomic E-state index is 2.36. The van der Waals surface area contributed by atoms with E-state index in [4.69, 9.17) is 0 Å². The molecule has 0 spiro atoms. The molecule has 0 saturated heterocycles. The molecule has 0 bridgehead atoms. The summed E-state index contributed by atoms with van der Waals surface area (Å²) in [5.74, 6) is 0. The van der Waals surface area contributed by atoms with Gasteiger partial charge in [0.1, 0.15) is 0 Å². The fourth-order valence-corrected chi connectivity index (χ4v) is 4.55. The highest BCUT2D eigenvalue weighted by molar-refractivity contribution is 6.22. The molecule has 0 heterocycles. The summed E-state index contributed by atoms with van der Waals surface area (Å²) in [7, 11) is 0. The van der Waals surface area contributed by atoms with Crippen LogP contribution >= 0.6 is 0 Å². The van der Waals surface area contributed by atoms with Crippen LogP contribution in [0.3, 0.4) is 0 Å². The van der Waals surface area contributed by atoms with E-state index in [2.05, 4.69) is 60.7 Å². The van der Waals surface area contributed by atoms with Gasteiger partial charge >= 0.3 is 0 Å². The van der Waals surface area contributed by atoms with Crippen LogP contribution in [0, 0.1) is 0 Å². The first-order valence-corrected chi connectivity index (χ1v) is 8.02. The van der Waals surface area contributed by atoms with Crippen molar-refractivity contribution >= 4 is 21.5 Å². The third-order valence-electron chi connectivity index (χ3n) is 5.49. The van der Waals surface area contributed by atoms with Crippen LogP contribution in [0.4, 0.5) is 0 Å². The summed E-state index contributed by atoms with van der Waals surface area (Å²) in [4.78, 5) is 0. The molecule has 22 heavy (non-hydrogen) atoms. The van der Waals surface area contributed by atoms with Crippen molar-refractivity contribution in [1.82, 2.24) is 0 Å². The molecule has 0 nitrogen and oxygen atoms in total. The maximum Gasteiger partial charge on any atom is -0.00201 e. The topological polar surface area (TPSA) is 0 Å². The minimum atomic E-state index is 1.20. The number of hydrogen-bond acceptors (Lipinski definition) is 0. The monoisotopic (exact) mass is 278 g/mol. The van der Waals surface area contributed by atoms with E-state index in [0.29, 0.717) is 0 Å². The Bertz CT molecular complexity index is 1110. The maximum absolute atomic E-state index is 2.36. The molecule has 0 N–H and O–H groups in total. The molecule has 0 radical (unpaired) electrons. The summed E-state index contributed by atoms with van der Waals surface area (Å²) >= 11 is 0. The molecule has 102 valence electrons. The Morgan fingerprint density at radius 1 is 0.545 bits per heavy atom.